The zero-order valence-corrected chi connectivity index (χ0v) is 7.38. The third-order valence-corrected chi connectivity index (χ3v) is 2.03. The minimum atomic E-state index is 0.458. The van der Waals surface area contributed by atoms with Crippen molar-refractivity contribution in [3.63, 3.8) is 0 Å². The maximum absolute atomic E-state index is 4.02. The van der Waals surface area contributed by atoms with Crippen LogP contribution in [0.15, 0.2) is 5.10 Å². The Hall–Kier alpha value is -0.730. The maximum Gasteiger partial charge on any atom is 0.116 e. The standard InChI is InChI=1S/C8H17N3/c1-3-5-6-8-10-9-7-11(8)4-2/h7-8,10H,3-6H2,1-2H3. The molecule has 0 bridgehead atoms. The molecule has 0 spiro atoms. The van der Waals surface area contributed by atoms with Gasteiger partial charge in [0, 0.05) is 6.54 Å². The lowest BCUT2D eigenvalue weighted by molar-refractivity contribution is 0.294. The highest BCUT2D eigenvalue weighted by molar-refractivity contribution is 5.56. The topological polar surface area (TPSA) is 27.6 Å². The lowest BCUT2D eigenvalue weighted by atomic mass is 10.2. The van der Waals surface area contributed by atoms with Crippen molar-refractivity contribution in [2.75, 3.05) is 6.54 Å². The van der Waals surface area contributed by atoms with Crippen molar-refractivity contribution < 1.29 is 0 Å². The van der Waals surface area contributed by atoms with Crippen molar-refractivity contribution in [3.05, 3.63) is 0 Å². The van der Waals surface area contributed by atoms with Crippen LogP contribution in [0.25, 0.3) is 0 Å². The van der Waals surface area contributed by atoms with Crippen LogP contribution in [-0.2, 0) is 0 Å². The summed E-state index contributed by atoms with van der Waals surface area (Å²) in [5.74, 6) is 0. The second kappa shape index (κ2) is 4.21. The third-order valence-electron chi connectivity index (χ3n) is 2.03. The molecule has 11 heavy (non-hydrogen) atoms. The van der Waals surface area contributed by atoms with Gasteiger partial charge >= 0.3 is 0 Å². The fraction of sp³-hybridized carbons (Fsp3) is 0.875. The van der Waals surface area contributed by atoms with Gasteiger partial charge in [0.1, 0.15) is 12.5 Å². The summed E-state index contributed by atoms with van der Waals surface area (Å²) in [6.45, 7) is 5.41. The number of nitrogens with zero attached hydrogens (tertiary/aromatic N) is 2. The average molecular weight is 155 g/mol. The van der Waals surface area contributed by atoms with Crippen molar-refractivity contribution >= 4 is 6.34 Å². The lowest BCUT2D eigenvalue weighted by Gasteiger charge is -2.21. The summed E-state index contributed by atoms with van der Waals surface area (Å²) < 4.78 is 0. The van der Waals surface area contributed by atoms with Crippen LogP contribution in [0.5, 0.6) is 0 Å². The summed E-state index contributed by atoms with van der Waals surface area (Å²) >= 11 is 0. The van der Waals surface area contributed by atoms with E-state index in [1.165, 1.54) is 19.3 Å². The Bertz CT molecular complexity index is 133. The molecule has 1 heterocycles. The van der Waals surface area contributed by atoms with E-state index in [2.05, 4.69) is 29.3 Å². The molecular weight excluding hydrogens is 138 g/mol. The van der Waals surface area contributed by atoms with E-state index in [4.69, 9.17) is 0 Å². The summed E-state index contributed by atoms with van der Waals surface area (Å²) in [5, 5.41) is 4.02. The van der Waals surface area contributed by atoms with Gasteiger partial charge in [0.15, 0.2) is 0 Å². The van der Waals surface area contributed by atoms with Crippen molar-refractivity contribution in [2.45, 2.75) is 39.3 Å². The first kappa shape index (κ1) is 8.37. The van der Waals surface area contributed by atoms with Crippen molar-refractivity contribution in [1.82, 2.24) is 10.3 Å². The summed E-state index contributed by atoms with van der Waals surface area (Å²) in [4.78, 5) is 2.23. The van der Waals surface area contributed by atoms with Gasteiger partial charge in [-0.3, -0.25) is 5.43 Å². The Morgan fingerprint density at radius 3 is 3.00 bits per heavy atom. The van der Waals surface area contributed by atoms with Crippen LogP contribution < -0.4 is 5.43 Å². The Morgan fingerprint density at radius 2 is 2.36 bits per heavy atom. The number of hydrazone groups is 1. The molecule has 0 saturated carbocycles. The number of hydrogen-bond donors (Lipinski definition) is 1. The molecule has 1 N–H and O–H groups in total. The molecule has 1 unspecified atom stereocenters. The second-order valence-electron chi connectivity index (χ2n) is 2.86. The quantitative estimate of drug-likeness (QED) is 0.664. The SMILES string of the molecule is CCCCC1NN=CN1CC. The number of rotatable bonds is 4. The van der Waals surface area contributed by atoms with Gasteiger partial charge in [-0.05, 0) is 19.8 Å². The monoisotopic (exact) mass is 155 g/mol. The van der Waals surface area contributed by atoms with E-state index in [1.807, 2.05) is 6.34 Å². The molecule has 0 radical (unpaired) electrons. The second-order valence-corrected chi connectivity index (χ2v) is 2.86. The van der Waals surface area contributed by atoms with Crippen LogP contribution in [-0.4, -0.2) is 23.9 Å². The van der Waals surface area contributed by atoms with E-state index in [-0.39, 0.29) is 0 Å². The molecule has 0 fully saturated rings. The molecule has 0 aromatic heterocycles. The summed E-state index contributed by atoms with van der Waals surface area (Å²) in [6, 6.07) is 0. The molecule has 0 saturated heterocycles. The van der Waals surface area contributed by atoms with Crippen LogP contribution in [0.1, 0.15) is 33.1 Å². The zero-order chi connectivity index (χ0) is 8.10. The normalized spacial score (nSPS) is 22.4. The Kier molecular flexibility index (Phi) is 3.20. The summed E-state index contributed by atoms with van der Waals surface area (Å²) in [5.41, 5.74) is 3.09. The summed E-state index contributed by atoms with van der Waals surface area (Å²) in [7, 11) is 0. The molecule has 0 aliphatic carbocycles. The van der Waals surface area contributed by atoms with Crippen LogP contribution in [0.3, 0.4) is 0 Å². The molecule has 1 aliphatic rings. The predicted octanol–water partition coefficient (Wildman–Crippen LogP) is 1.37. The van der Waals surface area contributed by atoms with Crippen molar-refractivity contribution in [3.8, 4) is 0 Å². The van der Waals surface area contributed by atoms with Gasteiger partial charge in [0.2, 0.25) is 0 Å². The summed E-state index contributed by atoms with van der Waals surface area (Å²) in [6.07, 6.45) is 6.08. The predicted molar refractivity (Wildman–Crippen MR) is 47.3 cm³/mol. The van der Waals surface area contributed by atoms with Crippen molar-refractivity contribution in [2.24, 2.45) is 5.10 Å². The molecule has 0 aromatic carbocycles. The Balaban J connectivity index is 2.23. The van der Waals surface area contributed by atoms with Gasteiger partial charge in [-0.1, -0.05) is 13.3 Å². The van der Waals surface area contributed by atoms with E-state index in [9.17, 15) is 0 Å². The molecule has 3 heteroatoms. The number of hydrogen-bond acceptors (Lipinski definition) is 3. The van der Waals surface area contributed by atoms with Gasteiger partial charge in [0.25, 0.3) is 0 Å². The van der Waals surface area contributed by atoms with Gasteiger partial charge < -0.3 is 4.90 Å². The third kappa shape index (κ3) is 2.10. The van der Waals surface area contributed by atoms with Gasteiger partial charge in [0.05, 0.1) is 0 Å². The Morgan fingerprint density at radius 1 is 1.55 bits per heavy atom. The van der Waals surface area contributed by atoms with Gasteiger partial charge in [-0.15, -0.1) is 0 Å². The number of nitrogens with one attached hydrogen (secondary N) is 1. The van der Waals surface area contributed by atoms with Crippen LogP contribution >= 0.6 is 0 Å². The maximum atomic E-state index is 4.02. The minimum absolute atomic E-state index is 0.458. The fourth-order valence-corrected chi connectivity index (χ4v) is 1.28. The Labute approximate surface area is 68.5 Å². The zero-order valence-electron chi connectivity index (χ0n) is 7.38. The van der Waals surface area contributed by atoms with E-state index < -0.39 is 0 Å². The fourth-order valence-electron chi connectivity index (χ4n) is 1.28. The highest BCUT2D eigenvalue weighted by Gasteiger charge is 2.16. The first-order valence-corrected chi connectivity index (χ1v) is 4.43. The first-order valence-electron chi connectivity index (χ1n) is 4.43. The van der Waals surface area contributed by atoms with Crippen LogP contribution in [0.2, 0.25) is 0 Å². The lowest BCUT2D eigenvalue weighted by Crippen LogP contribution is -2.36. The van der Waals surface area contributed by atoms with Crippen LogP contribution in [0.4, 0.5) is 0 Å². The van der Waals surface area contributed by atoms with E-state index in [0.29, 0.717) is 6.17 Å². The highest BCUT2D eigenvalue weighted by atomic mass is 15.5. The molecule has 0 amide bonds. The first-order chi connectivity index (χ1) is 5.38. The molecule has 0 aromatic rings. The largest absolute Gasteiger partial charge is 0.340 e. The van der Waals surface area contributed by atoms with E-state index in [0.717, 1.165) is 6.54 Å². The van der Waals surface area contributed by atoms with E-state index in [1.54, 1.807) is 0 Å². The molecule has 3 nitrogen and oxygen atoms in total. The molecule has 1 aliphatic heterocycles. The van der Waals surface area contributed by atoms with E-state index >= 15 is 0 Å². The molecule has 1 atom stereocenters. The van der Waals surface area contributed by atoms with Gasteiger partial charge in [-0.25, -0.2) is 0 Å². The van der Waals surface area contributed by atoms with Crippen LogP contribution in [0, 0.1) is 0 Å². The molecule has 1 rings (SSSR count). The van der Waals surface area contributed by atoms with Gasteiger partial charge in [-0.2, -0.15) is 5.10 Å². The van der Waals surface area contributed by atoms with Crippen molar-refractivity contribution in [1.29, 1.82) is 0 Å². The minimum Gasteiger partial charge on any atom is -0.340 e. The average Bonchev–Trinajstić information content (AvgIpc) is 2.47. The smallest absolute Gasteiger partial charge is 0.116 e. The number of unbranched alkanes of at least 4 members (excludes halogenated alkanes) is 1. The molecule has 64 valence electrons. The highest BCUT2D eigenvalue weighted by Crippen LogP contribution is 2.07. The molecular formula is C8H17N3.